The quantitative estimate of drug-likeness (QED) is 0.720. The van der Waals surface area contributed by atoms with Crippen LogP contribution in [0.5, 0.6) is 11.5 Å². The Morgan fingerprint density at radius 3 is 2.22 bits per heavy atom. The van der Waals surface area contributed by atoms with E-state index < -0.39 is 0 Å². The van der Waals surface area contributed by atoms with E-state index >= 15 is 0 Å². The van der Waals surface area contributed by atoms with Gasteiger partial charge in [-0.2, -0.15) is 0 Å². The third-order valence-electron chi connectivity index (χ3n) is 5.10. The molecule has 1 aliphatic rings. The molecule has 27 heavy (non-hydrogen) atoms. The summed E-state index contributed by atoms with van der Waals surface area (Å²) < 4.78 is 11.5. The monoisotopic (exact) mass is 367 g/mol. The summed E-state index contributed by atoms with van der Waals surface area (Å²) in [6.45, 7) is 8.60. The Hall–Kier alpha value is -2.49. The first kappa shape index (κ1) is 19.3. The van der Waals surface area contributed by atoms with Crippen LogP contribution in [0.25, 0.3) is 0 Å². The summed E-state index contributed by atoms with van der Waals surface area (Å²) in [5, 5.41) is 0. The predicted molar refractivity (Wildman–Crippen MR) is 107 cm³/mol. The van der Waals surface area contributed by atoms with E-state index in [1.54, 1.807) is 0 Å². The van der Waals surface area contributed by atoms with Crippen molar-refractivity contribution in [2.75, 3.05) is 19.8 Å². The molecule has 0 aliphatic carbocycles. The van der Waals surface area contributed by atoms with Gasteiger partial charge in [0.15, 0.2) is 11.5 Å². The van der Waals surface area contributed by atoms with Crippen LogP contribution in [-0.4, -0.2) is 30.6 Å². The molecule has 1 atom stereocenters. The first-order valence-corrected chi connectivity index (χ1v) is 9.93. The van der Waals surface area contributed by atoms with Crippen LogP contribution in [0.15, 0.2) is 42.5 Å². The van der Waals surface area contributed by atoms with Gasteiger partial charge < -0.3 is 14.4 Å². The number of benzene rings is 2. The van der Waals surface area contributed by atoms with Gasteiger partial charge in [-0.25, -0.2) is 0 Å². The second-order valence-electron chi connectivity index (χ2n) is 6.81. The predicted octanol–water partition coefficient (Wildman–Crippen LogP) is 4.56. The fourth-order valence-electron chi connectivity index (χ4n) is 3.75. The maximum Gasteiger partial charge on any atom is 0.230 e. The molecule has 4 nitrogen and oxygen atoms in total. The lowest BCUT2D eigenvalue weighted by Gasteiger charge is -2.32. The minimum Gasteiger partial charge on any atom is -0.490 e. The molecule has 0 radical (unpaired) electrons. The summed E-state index contributed by atoms with van der Waals surface area (Å²) in [5.74, 6) is 1.69. The normalized spacial score (nSPS) is 14.4. The molecule has 4 heteroatoms. The zero-order valence-electron chi connectivity index (χ0n) is 16.5. The molecular formula is C23H29NO3. The highest BCUT2D eigenvalue weighted by Gasteiger charge is 2.28. The smallest absolute Gasteiger partial charge is 0.230 e. The number of hydrogen-bond acceptors (Lipinski definition) is 3. The summed E-state index contributed by atoms with van der Waals surface area (Å²) >= 11 is 0. The van der Waals surface area contributed by atoms with E-state index in [1.807, 2.05) is 55.1 Å². The molecule has 1 heterocycles. The van der Waals surface area contributed by atoms with E-state index in [-0.39, 0.29) is 11.8 Å². The van der Waals surface area contributed by atoms with Crippen LogP contribution in [-0.2, 0) is 17.8 Å². The van der Waals surface area contributed by atoms with Gasteiger partial charge in [0, 0.05) is 13.1 Å². The Kier molecular flexibility index (Phi) is 6.38. The number of rotatable bonds is 7. The summed E-state index contributed by atoms with van der Waals surface area (Å²) in [5.41, 5.74) is 3.50. The summed E-state index contributed by atoms with van der Waals surface area (Å²) in [6, 6.07) is 14.2. The second-order valence-corrected chi connectivity index (χ2v) is 6.81. The summed E-state index contributed by atoms with van der Waals surface area (Å²) in [4.78, 5) is 15.2. The Balaban J connectivity index is 1.82. The SMILES string of the molecule is CCOc1cc2c(cc1OCC)CN(C(=O)C(CC)c1ccccc1)CC2. The standard InChI is InChI=1S/C23H29NO3/c1-4-20(17-10-8-7-9-11-17)23(25)24-13-12-18-14-21(26-5-2)22(27-6-3)15-19(18)16-24/h7-11,14-15,20H,4-6,12-13,16H2,1-3H3. The van der Waals surface area contributed by atoms with Crippen LogP contribution in [0, 0.1) is 0 Å². The van der Waals surface area contributed by atoms with Crippen LogP contribution in [0.1, 0.15) is 49.8 Å². The van der Waals surface area contributed by atoms with Crippen LogP contribution in [0.2, 0.25) is 0 Å². The molecule has 1 amide bonds. The number of nitrogens with zero attached hydrogens (tertiary/aromatic N) is 1. The Morgan fingerprint density at radius 2 is 1.63 bits per heavy atom. The maximum absolute atomic E-state index is 13.2. The molecule has 1 unspecified atom stereocenters. The van der Waals surface area contributed by atoms with E-state index in [2.05, 4.69) is 13.0 Å². The van der Waals surface area contributed by atoms with Gasteiger partial charge in [0.05, 0.1) is 19.1 Å². The Labute approximate surface area is 162 Å². The van der Waals surface area contributed by atoms with Gasteiger partial charge in [-0.1, -0.05) is 37.3 Å². The molecule has 144 valence electrons. The van der Waals surface area contributed by atoms with Crippen molar-refractivity contribution in [1.29, 1.82) is 0 Å². The zero-order chi connectivity index (χ0) is 19.2. The van der Waals surface area contributed by atoms with E-state index in [9.17, 15) is 4.79 Å². The highest BCUT2D eigenvalue weighted by atomic mass is 16.5. The topological polar surface area (TPSA) is 38.8 Å². The minimum absolute atomic E-state index is 0.0817. The number of fused-ring (bicyclic) bond motifs is 1. The molecular weight excluding hydrogens is 338 g/mol. The number of carbonyl (C=O) groups excluding carboxylic acids is 1. The Bertz CT molecular complexity index is 773. The largest absolute Gasteiger partial charge is 0.490 e. The fraction of sp³-hybridized carbons (Fsp3) is 0.435. The van der Waals surface area contributed by atoms with Crippen LogP contribution in [0.4, 0.5) is 0 Å². The summed E-state index contributed by atoms with van der Waals surface area (Å²) in [7, 11) is 0. The third kappa shape index (κ3) is 4.26. The average molecular weight is 367 g/mol. The molecule has 2 aromatic carbocycles. The lowest BCUT2D eigenvalue weighted by Crippen LogP contribution is -2.39. The molecule has 0 bridgehead atoms. The van der Waals surface area contributed by atoms with Gasteiger partial charge in [0.1, 0.15) is 0 Å². The molecule has 2 aromatic rings. The van der Waals surface area contributed by atoms with Crippen molar-refractivity contribution in [1.82, 2.24) is 4.90 Å². The van der Waals surface area contributed by atoms with Crippen LogP contribution in [0.3, 0.4) is 0 Å². The molecule has 0 saturated carbocycles. The van der Waals surface area contributed by atoms with Gasteiger partial charge in [-0.05, 0) is 55.5 Å². The number of ether oxygens (including phenoxy) is 2. The molecule has 0 N–H and O–H groups in total. The lowest BCUT2D eigenvalue weighted by atomic mass is 9.92. The van der Waals surface area contributed by atoms with Gasteiger partial charge >= 0.3 is 0 Å². The first-order chi connectivity index (χ1) is 13.2. The van der Waals surface area contributed by atoms with Crippen molar-refractivity contribution in [3.63, 3.8) is 0 Å². The van der Waals surface area contributed by atoms with Crippen LogP contribution < -0.4 is 9.47 Å². The van der Waals surface area contributed by atoms with Gasteiger partial charge in [-0.3, -0.25) is 4.79 Å². The second kappa shape index (κ2) is 8.94. The van der Waals surface area contributed by atoms with Gasteiger partial charge in [0.25, 0.3) is 0 Å². The van der Waals surface area contributed by atoms with Crippen LogP contribution >= 0.6 is 0 Å². The number of amides is 1. The molecule has 0 spiro atoms. The maximum atomic E-state index is 13.2. The zero-order valence-corrected chi connectivity index (χ0v) is 16.5. The molecule has 0 aromatic heterocycles. The molecule has 0 fully saturated rings. The third-order valence-corrected chi connectivity index (χ3v) is 5.10. The number of hydrogen-bond donors (Lipinski definition) is 0. The molecule has 3 rings (SSSR count). The van der Waals surface area contributed by atoms with E-state index in [0.29, 0.717) is 19.8 Å². The Morgan fingerprint density at radius 1 is 1.00 bits per heavy atom. The average Bonchev–Trinajstić information content (AvgIpc) is 2.70. The van der Waals surface area contributed by atoms with Crippen molar-refractivity contribution in [3.8, 4) is 11.5 Å². The van der Waals surface area contributed by atoms with E-state index in [1.165, 1.54) is 5.56 Å². The highest BCUT2D eigenvalue weighted by Crippen LogP contribution is 2.35. The van der Waals surface area contributed by atoms with Gasteiger partial charge in [-0.15, -0.1) is 0 Å². The fourth-order valence-corrected chi connectivity index (χ4v) is 3.75. The number of carbonyl (C=O) groups is 1. The highest BCUT2D eigenvalue weighted by molar-refractivity contribution is 5.84. The van der Waals surface area contributed by atoms with Crippen molar-refractivity contribution in [2.45, 2.75) is 46.1 Å². The lowest BCUT2D eigenvalue weighted by molar-refractivity contribution is -0.133. The van der Waals surface area contributed by atoms with Crippen molar-refractivity contribution in [2.24, 2.45) is 0 Å². The van der Waals surface area contributed by atoms with Crippen molar-refractivity contribution < 1.29 is 14.3 Å². The molecule has 1 aliphatic heterocycles. The molecule has 0 saturated heterocycles. The summed E-state index contributed by atoms with van der Waals surface area (Å²) in [6.07, 6.45) is 1.65. The van der Waals surface area contributed by atoms with Crippen molar-refractivity contribution in [3.05, 3.63) is 59.2 Å². The minimum atomic E-state index is -0.0817. The van der Waals surface area contributed by atoms with Gasteiger partial charge in [0.2, 0.25) is 5.91 Å². The van der Waals surface area contributed by atoms with E-state index in [4.69, 9.17) is 9.47 Å². The van der Waals surface area contributed by atoms with Crippen molar-refractivity contribution >= 4 is 5.91 Å². The van der Waals surface area contributed by atoms with E-state index in [0.717, 1.165) is 42.0 Å². The first-order valence-electron chi connectivity index (χ1n) is 9.93.